The largest absolute Gasteiger partial charge is 0.492 e. The first-order chi connectivity index (χ1) is 16.5. The molecule has 0 spiro atoms. The van der Waals surface area contributed by atoms with E-state index in [9.17, 15) is 14.3 Å². The predicted octanol–water partition coefficient (Wildman–Crippen LogP) is 5.29. The van der Waals surface area contributed by atoms with Crippen molar-refractivity contribution in [1.82, 2.24) is 4.98 Å². The van der Waals surface area contributed by atoms with E-state index in [-0.39, 0.29) is 5.82 Å². The van der Waals surface area contributed by atoms with Crippen molar-refractivity contribution in [3.8, 4) is 11.5 Å². The summed E-state index contributed by atoms with van der Waals surface area (Å²) < 4.78 is 30.5. The van der Waals surface area contributed by atoms with Gasteiger partial charge in [-0.15, -0.1) is 0 Å². The highest BCUT2D eigenvalue weighted by Crippen LogP contribution is 2.25. The average Bonchev–Trinajstić information content (AvgIpc) is 3.27. The van der Waals surface area contributed by atoms with Gasteiger partial charge in [-0.3, -0.25) is 0 Å². The first kappa shape index (κ1) is 23.1. The minimum atomic E-state index is -1.00. The van der Waals surface area contributed by atoms with Gasteiger partial charge >= 0.3 is 5.97 Å². The fraction of sp³-hybridized carbons (Fsp3) is 0.231. The van der Waals surface area contributed by atoms with Gasteiger partial charge in [-0.05, 0) is 60.5 Å². The topological polar surface area (TPSA) is 85.0 Å². The lowest BCUT2D eigenvalue weighted by Crippen LogP contribution is -2.28. The fourth-order valence-electron chi connectivity index (χ4n) is 3.45. The standard InChI is InChI=1S/C26H25FN2O5/c1-2-23(25(30)31)33-21-7-5-6-18(16-21)17-29(14-15-32-20-12-10-19(27)11-13-20)26-28-22-8-3-4-9-24(22)34-26/h3-13,16,23H,2,14-15,17H2,1H3,(H,30,31). The summed E-state index contributed by atoms with van der Waals surface area (Å²) in [5.74, 6) is -0.282. The Bertz CT molecular complexity index is 1210. The first-order valence-corrected chi connectivity index (χ1v) is 11.0. The second-order valence-corrected chi connectivity index (χ2v) is 7.69. The maximum absolute atomic E-state index is 13.2. The molecule has 0 fully saturated rings. The third kappa shape index (κ3) is 5.83. The van der Waals surface area contributed by atoms with Crippen LogP contribution in [0.25, 0.3) is 11.1 Å². The van der Waals surface area contributed by atoms with E-state index in [2.05, 4.69) is 4.98 Å². The molecule has 1 unspecified atom stereocenters. The highest BCUT2D eigenvalue weighted by Gasteiger charge is 2.18. The molecule has 0 amide bonds. The molecule has 1 aromatic heterocycles. The number of carboxylic acid groups (broad SMARTS) is 1. The van der Waals surface area contributed by atoms with Crippen LogP contribution in [0.2, 0.25) is 0 Å². The zero-order valence-corrected chi connectivity index (χ0v) is 18.7. The molecule has 4 aromatic rings. The number of para-hydroxylation sites is 2. The number of carboxylic acids is 1. The van der Waals surface area contributed by atoms with Crippen molar-refractivity contribution in [2.24, 2.45) is 0 Å². The van der Waals surface area contributed by atoms with Crippen LogP contribution in [0.4, 0.5) is 10.4 Å². The average molecular weight is 464 g/mol. The van der Waals surface area contributed by atoms with Crippen molar-refractivity contribution in [1.29, 1.82) is 0 Å². The van der Waals surface area contributed by atoms with Crippen molar-refractivity contribution in [3.05, 3.63) is 84.2 Å². The van der Waals surface area contributed by atoms with Crippen molar-refractivity contribution >= 4 is 23.1 Å². The second kappa shape index (κ2) is 10.7. The molecule has 7 nitrogen and oxygen atoms in total. The van der Waals surface area contributed by atoms with E-state index in [1.165, 1.54) is 12.1 Å². The molecule has 4 rings (SSSR count). The molecule has 3 aromatic carbocycles. The molecule has 1 heterocycles. The number of aliphatic carboxylic acids is 1. The van der Waals surface area contributed by atoms with Gasteiger partial charge in [0, 0.05) is 6.54 Å². The Morgan fingerprint density at radius 2 is 1.88 bits per heavy atom. The quantitative estimate of drug-likeness (QED) is 0.323. The van der Waals surface area contributed by atoms with E-state index in [1.54, 1.807) is 25.1 Å². The van der Waals surface area contributed by atoms with Gasteiger partial charge in [0.05, 0.1) is 6.54 Å². The van der Waals surface area contributed by atoms with Crippen LogP contribution in [0.5, 0.6) is 11.5 Å². The Balaban J connectivity index is 1.52. The smallest absolute Gasteiger partial charge is 0.344 e. The molecule has 1 atom stereocenters. The van der Waals surface area contributed by atoms with Crippen molar-refractivity contribution < 1.29 is 28.2 Å². The fourth-order valence-corrected chi connectivity index (χ4v) is 3.45. The van der Waals surface area contributed by atoms with Gasteiger partial charge in [0.25, 0.3) is 6.01 Å². The van der Waals surface area contributed by atoms with Crippen LogP contribution in [-0.4, -0.2) is 35.3 Å². The molecule has 176 valence electrons. The van der Waals surface area contributed by atoms with Crippen LogP contribution < -0.4 is 14.4 Å². The number of hydrogen-bond donors (Lipinski definition) is 1. The van der Waals surface area contributed by atoms with Gasteiger partial charge in [-0.25, -0.2) is 9.18 Å². The molecule has 1 N–H and O–H groups in total. The van der Waals surface area contributed by atoms with Gasteiger partial charge in [0.15, 0.2) is 11.7 Å². The summed E-state index contributed by atoms with van der Waals surface area (Å²) in [6.07, 6.45) is -0.553. The lowest BCUT2D eigenvalue weighted by Gasteiger charge is -2.21. The number of anilines is 1. The summed E-state index contributed by atoms with van der Waals surface area (Å²) in [4.78, 5) is 17.9. The molecule has 0 radical (unpaired) electrons. The number of fused-ring (bicyclic) bond motifs is 1. The van der Waals surface area contributed by atoms with Crippen LogP contribution in [0, 0.1) is 5.82 Å². The molecular weight excluding hydrogens is 439 g/mol. The van der Waals surface area contributed by atoms with Crippen LogP contribution in [0.15, 0.2) is 77.2 Å². The molecule has 0 bridgehead atoms. The maximum Gasteiger partial charge on any atom is 0.344 e. The normalized spacial score (nSPS) is 11.8. The molecule has 34 heavy (non-hydrogen) atoms. The Labute approximate surface area is 196 Å². The summed E-state index contributed by atoms with van der Waals surface area (Å²) in [6, 6.07) is 21.1. The summed E-state index contributed by atoms with van der Waals surface area (Å²) >= 11 is 0. The number of nitrogens with zero attached hydrogens (tertiary/aromatic N) is 2. The molecular formula is C26H25FN2O5. The van der Waals surface area contributed by atoms with Gasteiger partial charge in [-0.1, -0.05) is 31.2 Å². The second-order valence-electron chi connectivity index (χ2n) is 7.69. The Morgan fingerprint density at radius 1 is 1.09 bits per heavy atom. The monoisotopic (exact) mass is 464 g/mol. The lowest BCUT2D eigenvalue weighted by atomic mass is 10.2. The molecule has 0 saturated carbocycles. The molecule has 0 aliphatic carbocycles. The number of halogens is 1. The van der Waals surface area contributed by atoms with Crippen LogP contribution >= 0.6 is 0 Å². The summed E-state index contributed by atoms with van der Waals surface area (Å²) in [5, 5.41) is 9.28. The molecule has 0 aliphatic rings. The highest BCUT2D eigenvalue weighted by molar-refractivity contribution is 5.74. The van der Waals surface area contributed by atoms with Crippen LogP contribution in [0.3, 0.4) is 0 Å². The van der Waals surface area contributed by atoms with E-state index in [0.29, 0.717) is 49.2 Å². The lowest BCUT2D eigenvalue weighted by molar-refractivity contribution is -0.145. The summed E-state index contributed by atoms with van der Waals surface area (Å²) in [6.45, 7) is 2.96. The highest BCUT2D eigenvalue weighted by atomic mass is 19.1. The van der Waals surface area contributed by atoms with Gasteiger partial charge in [-0.2, -0.15) is 4.98 Å². The van der Waals surface area contributed by atoms with Crippen LogP contribution in [0.1, 0.15) is 18.9 Å². The van der Waals surface area contributed by atoms with Crippen molar-refractivity contribution in [2.75, 3.05) is 18.1 Å². The number of aromatic nitrogens is 1. The van der Waals surface area contributed by atoms with E-state index in [0.717, 1.165) is 11.1 Å². The Hall–Kier alpha value is -4.07. The van der Waals surface area contributed by atoms with E-state index in [1.807, 2.05) is 47.4 Å². The minimum Gasteiger partial charge on any atom is -0.492 e. The first-order valence-electron chi connectivity index (χ1n) is 11.0. The van der Waals surface area contributed by atoms with Gasteiger partial charge in [0.2, 0.25) is 0 Å². The number of carbonyl (C=O) groups is 1. The Kier molecular flexibility index (Phi) is 7.27. The third-order valence-electron chi connectivity index (χ3n) is 5.19. The third-order valence-corrected chi connectivity index (χ3v) is 5.19. The Morgan fingerprint density at radius 3 is 2.62 bits per heavy atom. The van der Waals surface area contributed by atoms with Crippen LogP contribution in [-0.2, 0) is 11.3 Å². The number of rotatable bonds is 11. The molecule has 0 aliphatic heterocycles. The SMILES string of the molecule is CCC(Oc1cccc(CN(CCOc2ccc(F)cc2)c2nc3ccccc3o2)c1)C(=O)O. The van der Waals surface area contributed by atoms with Gasteiger partial charge in [0.1, 0.15) is 29.4 Å². The van der Waals surface area contributed by atoms with Gasteiger partial charge < -0.3 is 23.9 Å². The summed E-state index contributed by atoms with van der Waals surface area (Å²) in [7, 11) is 0. The zero-order chi connectivity index (χ0) is 23.9. The molecule has 0 saturated heterocycles. The number of benzene rings is 3. The van der Waals surface area contributed by atoms with E-state index < -0.39 is 12.1 Å². The predicted molar refractivity (Wildman–Crippen MR) is 126 cm³/mol. The number of hydrogen-bond acceptors (Lipinski definition) is 6. The minimum absolute atomic E-state index is 0.317. The zero-order valence-electron chi connectivity index (χ0n) is 18.7. The van der Waals surface area contributed by atoms with Crippen molar-refractivity contribution in [3.63, 3.8) is 0 Å². The van der Waals surface area contributed by atoms with E-state index in [4.69, 9.17) is 13.9 Å². The summed E-state index contributed by atoms with van der Waals surface area (Å²) in [5.41, 5.74) is 2.30. The molecule has 8 heteroatoms. The number of oxazole rings is 1. The van der Waals surface area contributed by atoms with E-state index >= 15 is 0 Å². The van der Waals surface area contributed by atoms with Crippen molar-refractivity contribution in [2.45, 2.75) is 26.0 Å². The number of ether oxygens (including phenoxy) is 2. The maximum atomic E-state index is 13.2.